The molecule has 0 spiro atoms. The van der Waals surface area contributed by atoms with Gasteiger partial charge >= 0.3 is 11.9 Å². The molecule has 0 aromatic heterocycles. The molecule has 4 aromatic rings. The van der Waals surface area contributed by atoms with Gasteiger partial charge in [0.05, 0.1) is 22.7 Å². The lowest BCUT2D eigenvalue weighted by Gasteiger charge is -2.41. The Hall–Kier alpha value is -5.20. The third-order valence-corrected chi connectivity index (χ3v) is 17.6. The number of likely N-dealkylation sites (tertiary alicyclic amines) is 2. The summed E-state index contributed by atoms with van der Waals surface area (Å²) in [5.41, 5.74) is 11.4. The van der Waals surface area contributed by atoms with E-state index < -0.39 is 6.10 Å². The van der Waals surface area contributed by atoms with Gasteiger partial charge in [-0.3, -0.25) is 9.59 Å². The summed E-state index contributed by atoms with van der Waals surface area (Å²) in [6.45, 7) is 12.3. The van der Waals surface area contributed by atoms with E-state index in [4.69, 9.17) is 9.47 Å². The van der Waals surface area contributed by atoms with E-state index in [-0.39, 0.29) is 29.7 Å². The number of anilines is 4. The van der Waals surface area contributed by atoms with Crippen molar-refractivity contribution in [3.63, 3.8) is 0 Å². The quantitative estimate of drug-likeness (QED) is 0.0501. The van der Waals surface area contributed by atoms with Gasteiger partial charge in [0, 0.05) is 103 Å². The molecule has 4 unspecified atom stereocenters. The number of unbranched alkanes of at least 4 members (excludes halogenated alkanes) is 6. The Morgan fingerprint density at radius 3 is 1.66 bits per heavy atom. The molecule has 12 heteroatoms. The number of carbonyl (C=O) groups excluding carboxylic acids is 2. The minimum atomic E-state index is -0.422. The highest BCUT2D eigenvalue weighted by Crippen LogP contribution is 2.52. The van der Waals surface area contributed by atoms with Gasteiger partial charge in [0.1, 0.15) is 23.8 Å². The van der Waals surface area contributed by atoms with Crippen LogP contribution in [0.5, 0.6) is 0 Å². The van der Waals surface area contributed by atoms with Crippen LogP contribution in [0.15, 0.2) is 78.9 Å². The summed E-state index contributed by atoms with van der Waals surface area (Å²) >= 11 is 0. The fourth-order valence-electron chi connectivity index (χ4n) is 13.7. The number of halogens is 2. The molecule has 0 aliphatic carbocycles. The van der Waals surface area contributed by atoms with E-state index in [9.17, 15) is 18.4 Å². The second kappa shape index (κ2) is 24.2. The van der Waals surface area contributed by atoms with Gasteiger partial charge in [-0.05, 0) is 135 Å². The first-order valence-electron chi connectivity index (χ1n) is 28.7. The van der Waals surface area contributed by atoms with Gasteiger partial charge < -0.3 is 38.9 Å². The second-order valence-corrected chi connectivity index (χ2v) is 22.6. The molecule has 10 nitrogen and oxygen atoms in total. The largest absolute Gasteiger partial charge is 0.457 e. The summed E-state index contributed by atoms with van der Waals surface area (Å²) < 4.78 is 40.5. The van der Waals surface area contributed by atoms with Crippen LogP contribution in [0.3, 0.4) is 0 Å². The summed E-state index contributed by atoms with van der Waals surface area (Å²) in [6, 6.07) is 25.6. The predicted octanol–water partition coefficient (Wildman–Crippen LogP) is 12.1. The van der Waals surface area contributed by atoms with Crippen LogP contribution in [0.1, 0.15) is 162 Å². The molecule has 6 heterocycles. The van der Waals surface area contributed by atoms with E-state index in [1.54, 1.807) is 24.3 Å². The maximum absolute atomic E-state index is 14.1. The summed E-state index contributed by atoms with van der Waals surface area (Å²) in [5.74, 6) is -0.0470. The van der Waals surface area contributed by atoms with Crippen molar-refractivity contribution in [2.75, 3.05) is 99.1 Å². The first-order chi connectivity index (χ1) is 36.1. The maximum atomic E-state index is 14.1. The van der Waals surface area contributed by atoms with E-state index in [2.05, 4.69) is 80.8 Å². The lowest BCUT2D eigenvalue weighted by atomic mass is 9.87. The molecule has 6 atom stereocenters. The number of piperidine rings is 2. The first-order valence-corrected chi connectivity index (χ1v) is 28.7. The topological polar surface area (TPSA) is 72.0 Å². The zero-order valence-corrected chi connectivity index (χ0v) is 44.6. The van der Waals surface area contributed by atoms with Gasteiger partial charge in [0.15, 0.2) is 0 Å². The second-order valence-electron chi connectivity index (χ2n) is 22.6. The molecule has 74 heavy (non-hydrogen) atoms. The van der Waals surface area contributed by atoms with Crippen molar-refractivity contribution in [2.24, 2.45) is 0 Å². The molecule has 2 saturated heterocycles. The van der Waals surface area contributed by atoms with Crippen molar-refractivity contribution in [3.8, 4) is 0 Å². The number of hydrogen-bond donors (Lipinski definition) is 0. The molecule has 6 aliphatic heterocycles. The normalized spacial score (nSPS) is 21.7. The molecule has 398 valence electrons. The highest BCUT2D eigenvalue weighted by molar-refractivity contribution is 5.82. The fourth-order valence-corrected chi connectivity index (χ4v) is 13.7. The molecule has 2 fully saturated rings. The molecular weight excluding hydrogens is 931 g/mol. The molecular formula is C62H82F2N6O4. The Labute approximate surface area is 440 Å². The minimum Gasteiger partial charge on any atom is -0.457 e. The maximum Gasteiger partial charge on any atom is 0.306 e. The van der Waals surface area contributed by atoms with Crippen molar-refractivity contribution >= 4 is 34.7 Å². The summed E-state index contributed by atoms with van der Waals surface area (Å²) in [4.78, 5) is 42.2. The summed E-state index contributed by atoms with van der Waals surface area (Å²) in [6.07, 6.45) is 14.8. The molecule has 0 N–H and O–H groups in total. The third-order valence-electron chi connectivity index (χ3n) is 17.6. The van der Waals surface area contributed by atoms with E-state index in [1.165, 1.54) is 89.4 Å². The average molecular weight is 1010 g/mol. The van der Waals surface area contributed by atoms with Crippen molar-refractivity contribution in [2.45, 2.75) is 152 Å². The lowest BCUT2D eigenvalue weighted by molar-refractivity contribution is -0.151. The molecule has 0 saturated carbocycles. The zero-order valence-electron chi connectivity index (χ0n) is 44.6. The number of ether oxygens (including phenoxy) is 2. The Morgan fingerprint density at radius 1 is 0.568 bits per heavy atom. The van der Waals surface area contributed by atoms with Crippen LogP contribution in [-0.4, -0.2) is 113 Å². The number of rotatable bonds is 24. The first kappa shape index (κ1) is 52.3. The Kier molecular flexibility index (Phi) is 17.1. The number of aryl methyl sites for hydroxylation is 1. The van der Waals surface area contributed by atoms with Crippen LogP contribution in [0.2, 0.25) is 0 Å². The number of para-hydroxylation sites is 1. The minimum absolute atomic E-state index is 0.161. The number of carbonyl (C=O) groups is 2. The van der Waals surface area contributed by atoms with Crippen LogP contribution < -0.4 is 19.6 Å². The molecule has 0 radical (unpaired) electrons. The predicted molar refractivity (Wildman–Crippen MR) is 294 cm³/mol. The molecule has 10 rings (SSSR count). The zero-order chi connectivity index (χ0) is 51.1. The highest BCUT2D eigenvalue weighted by atomic mass is 19.1. The molecule has 6 aliphatic rings. The number of nitrogens with zero attached hydrogens (tertiary/aromatic N) is 6. The Morgan fingerprint density at radius 2 is 1.08 bits per heavy atom. The molecule has 4 aromatic carbocycles. The van der Waals surface area contributed by atoms with Crippen LogP contribution >= 0.6 is 0 Å². The van der Waals surface area contributed by atoms with Gasteiger partial charge in [0.2, 0.25) is 0 Å². The molecule has 0 amide bonds. The van der Waals surface area contributed by atoms with Gasteiger partial charge in [-0.1, -0.05) is 87.9 Å². The summed E-state index contributed by atoms with van der Waals surface area (Å²) in [5, 5.41) is 0. The van der Waals surface area contributed by atoms with Crippen LogP contribution in [0.4, 0.5) is 31.5 Å². The van der Waals surface area contributed by atoms with E-state index in [0.717, 1.165) is 128 Å². The Balaban J connectivity index is 0.726. The van der Waals surface area contributed by atoms with E-state index in [0.29, 0.717) is 56.0 Å². The van der Waals surface area contributed by atoms with Crippen LogP contribution in [-0.2, 0) is 25.5 Å². The number of likely N-dealkylation sites (N-methyl/N-ethyl adjacent to an activating group) is 2. The Bertz CT molecular complexity index is 2520. The fraction of sp³-hybridized carbons (Fsp3) is 0.581. The van der Waals surface area contributed by atoms with Crippen molar-refractivity contribution in [1.29, 1.82) is 0 Å². The number of hydrogen-bond acceptors (Lipinski definition) is 10. The number of fused-ring (bicyclic) bond motifs is 6. The van der Waals surface area contributed by atoms with E-state index in [1.807, 2.05) is 0 Å². The van der Waals surface area contributed by atoms with Gasteiger partial charge in [-0.25, -0.2) is 8.78 Å². The van der Waals surface area contributed by atoms with Gasteiger partial charge in [0.25, 0.3) is 0 Å². The van der Waals surface area contributed by atoms with Crippen LogP contribution in [0.25, 0.3) is 0 Å². The number of benzene rings is 4. The number of esters is 2. The summed E-state index contributed by atoms with van der Waals surface area (Å²) in [7, 11) is 4.41. The average Bonchev–Trinajstić information content (AvgIpc) is 3.90. The lowest BCUT2D eigenvalue weighted by Crippen LogP contribution is -2.49. The SMILES string of the molecule is CCCCCCCCCC(=O)OC(CCCN1CCC2C(C1)c1cc(CCCC(=O)OC(CCCN3CC[C@H]4[C@@H](C3)c3cccc5c3N4CCN5C)c3ccc(F)cc3)cc3c1N2CCN3C)c1ccc(F)cc1. The monoisotopic (exact) mass is 1010 g/mol. The standard InChI is InChI=1S/C62H82F2N6O4/c1-4-5-6-7-8-9-10-20-59(71)73-57(45-22-26-47(63)27-23-45)18-14-33-68-35-31-54-52(43-68)50-40-44(41-56-62(50)70(54)39-37-66(56)3)15-11-21-60(72)74-58(46-24-28-48(64)29-25-46)19-13-32-67-34-30-53-51(42-67)49-16-12-17-55-61(49)69(53)38-36-65(55)2/h12,16-17,22-29,40-41,51-54,57-58H,4-11,13-15,18-21,30-39,42-43H2,1-3H3/t51-,52?,53-,54?,57?,58?/m0/s1. The van der Waals surface area contributed by atoms with Gasteiger partial charge in [-0.15, -0.1) is 0 Å². The van der Waals surface area contributed by atoms with E-state index >= 15 is 0 Å². The van der Waals surface area contributed by atoms with Crippen molar-refractivity contribution < 1.29 is 27.8 Å². The highest BCUT2D eigenvalue weighted by Gasteiger charge is 2.46. The van der Waals surface area contributed by atoms with Gasteiger partial charge in [-0.2, -0.15) is 0 Å². The van der Waals surface area contributed by atoms with Crippen molar-refractivity contribution in [3.05, 3.63) is 118 Å². The molecule has 0 bridgehead atoms. The third kappa shape index (κ3) is 11.9. The van der Waals surface area contributed by atoms with Crippen molar-refractivity contribution in [1.82, 2.24) is 9.80 Å². The van der Waals surface area contributed by atoms with Crippen LogP contribution in [0, 0.1) is 11.6 Å². The smallest absolute Gasteiger partial charge is 0.306 e.